The first kappa shape index (κ1) is 14.7. The van der Waals surface area contributed by atoms with Crippen LogP contribution < -0.4 is 16.0 Å². The van der Waals surface area contributed by atoms with E-state index in [-0.39, 0.29) is 18.0 Å². The van der Waals surface area contributed by atoms with Crippen molar-refractivity contribution in [2.45, 2.75) is 31.2 Å². The van der Waals surface area contributed by atoms with Crippen molar-refractivity contribution < 1.29 is 4.79 Å². The van der Waals surface area contributed by atoms with E-state index in [1.54, 1.807) is 11.2 Å². The van der Waals surface area contributed by atoms with E-state index in [2.05, 4.69) is 25.3 Å². The number of carbonyl (C=O) groups excluding carboxylic acids is 1. The van der Waals surface area contributed by atoms with Crippen molar-refractivity contribution in [3.63, 3.8) is 0 Å². The van der Waals surface area contributed by atoms with Gasteiger partial charge in [0.2, 0.25) is 5.91 Å². The Kier molecular flexibility index (Phi) is 3.93. The monoisotopic (exact) mass is 303 g/mol. The molecule has 4 N–H and O–H groups in total. The van der Waals surface area contributed by atoms with Gasteiger partial charge in [0.1, 0.15) is 11.8 Å². The molecule has 0 radical (unpaired) electrons. The smallest absolute Gasteiger partial charge is 0.240 e. The summed E-state index contributed by atoms with van der Waals surface area (Å²) < 4.78 is 0. The molecule has 1 amide bonds. The molecule has 0 bridgehead atoms. The third-order valence-corrected chi connectivity index (χ3v) is 4.30. The molecule has 2 aromatic rings. The molecule has 0 aliphatic heterocycles. The number of rotatable bonds is 5. The van der Waals surface area contributed by atoms with Gasteiger partial charge in [-0.3, -0.25) is 4.79 Å². The number of nitrogens with zero attached hydrogens (tertiary/aromatic N) is 4. The number of anilines is 1. The predicted molar refractivity (Wildman–Crippen MR) is 83.3 cm³/mol. The first-order valence-electron chi connectivity index (χ1n) is 7.50. The van der Waals surface area contributed by atoms with Crippen molar-refractivity contribution in [2.75, 3.05) is 25.0 Å². The highest BCUT2D eigenvalue weighted by Crippen LogP contribution is 2.28. The van der Waals surface area contributed by atoms with Crippen LogP contribution in [0.1, 0.15) is 25.7 Å². The van der Waals surface area contributed by atoms with Gasteiger partial charge in [0.05, 0.1) is 18.4 Å². The number of likely N-dealkylation sites (N-methyl/N-ethyl adjacent to an activating group) is 1. The average Bonchev–Trinajstić information content (AvgIpc) is 3.15. The fraction of sp³-hybridized carbons (Fsp3) is 0.571. The lowest BCUT2D eigenvalue weighted by atomic mass is 9.98. The average molecular weight is 303 g/mol. The second-order valence-corrected chi connectivity index (χ2v) is 5.89. The molecule has 22 heavy (non-hydrogen) atoms. The van der Waals surface area contributed by atoms with Crippen LogP contribution in [0.5, 0.6) is 0 Å². The van der Waals surface area contributed by atoms with Crippen molar-refractivity contribution in [1.82, 2.24) is 25.3 Å². The van der Waals surface area contributed by atoms with E-state index in [1.165, 1.54) is 6.33 Å². The highest BCUT2D eigenvalue weighted by molar-refractivity contribution is 5.87. The van der Waals surface area contributed by atoms with Crippen LogP contribution in [0.3, 0.4) is 0 Å². The number of nitrogens with two attached hydrogens (primary N) is 1. The summed E-state index contributed by atoms with van der Waals surface area (Å²) in [5.41, 5.74) is 6.95. The van der Waals surface area contributed by atoms with Gasteiger partial charge < -0.3 is 20.9 Å². The Morgan fingerprint density at radius 1 is 1.41 bits per heavy atom. The van der Waals surface area contributed by atoms with E-state index < -0.39 is 0 Å². The minimum absolute atomic E-state index is 0.0406. The molecule has 8 nitrogen and oxygen atoms in total. The number of hydrogen-bond donors (Lipinski definition) is 3. The van der Waals surface area contributed by atoms with E-state index in [1.807, 2.05) is 7.05 Å². The summed E-state index contributed by atoms with van der Waals surface area (Å²) in [6.45, 7) is 0.702. The molecular formula is C14H21N7O. The maximum atomic E-state index is 12.3. The molecule has 118 valence electrons. The number of imidazole rings is 1. The highest BCUT2D eigenvalue weighted by Gasteiger charge is 2.34. The quantitative estimate of drug-likeness (QED) is 0.726. The molecule has 1 aliphatic carbocycles. The Morgan fingerprint density at radius 3 is 2.91 bits per heavy atom. The summed E-state index contributed by atoms with van der Waals surface area (Å²) in [5, 5.41) is 3.11. The van der Waals surface area contributed by atoms with Crippen LogP contribution in [0.2, 0.25) is 0 Å². The molecule has 0 spiro atoms. The second kappa shape index (κ2) is 5.88. The third kappa shape index (κ3) is 2.74. The van der Waals surface area contributed by atoms with Gasteiger partial charge in [0.25, 0.3) is 0 Å². The molecule has 0 saturated heterocycles. The summed E-state index contributed by atoms with van der Waals surface area (Å²) in [5.74, 6) is 0.618. The maximum absolute atomic E-state index is 12.3. The summed E-state index contributed by atoms with van der Waals surface area (Å²) in [4.78, 5) is 29.5. The predicted octanol–water partition coefficient (Wildman–Crippen LogP) is 0.177. The summed E-state index contributed by atoms with van der Waals surface area (Å²) >= 11 is 0. The fourth-order valence-electron chi connectivity index (χ4n) is 3.10. The fourth-order valence-corrected chi connectivity index (χ4v) is 3.10. The molecular weight excluding hydrogens is 282 g/mol. The number of aromatic nitrogens is 4. The van der Waals surface area contributed by atoms with Crippen LogP contribution in [0.15, 0.2) is 12.7 Å². The van der Waals surface area contributed by atoms with Gasteiger partial charge in [-0.2, -0.15) is 0 Å². The number of hydrogen-bond acceptors (Lipinski definition) is 6. The van der Waals surface area contributed by atoms with Gasteiger partial charge >= 0.3 is 0 Å². The number of aromatic amines is 1. The first-order chi connectivity index (χ1) is 10.6. The Labute approximate surface area is 128 Å². The Bertz CT molecular complexity index is 662. The lowest BCUT2D eigenvalue weighted by molar-refractivity contribution is -0.121. The number of amides is 1. The molecule has 1 aliphatic rings. The van der Waals surface area contributed by atoms with E-state index >= 15 is 0 Å². The summed E-state index contributed by atoms with van der Waals surface area (Å²) in [7, 11) is 1.83. The van der Waals surface area contributed by atoms with Crippen LogP contribution >= 0.6 is 0 Å². The van der Waals surface area contributed by atoms with Crippen LogP contribution in [-0.4, -0.2) is 51.5 Å². The maximum Gasteiger partial charge on any atom is 0.240 e. The van der Waals surface area contributed by atoms with Crippen molar-refractivity contribution in [3.8, 4) is 0 Å². The highest BCUT2D eigenvalue weighted by atomic mass is 16.2. The topological polar surface area (TPSA) is 113 Å². The van der Waals surface area contributed by atoms with Crippen molar-refractivity contribution in [3.05, 3.63) is 12.7 Å². The zero-order chi connectivity index (χ0) is 15.6. The minimum atomic E-state index is -0.229. The molecule has 1 saturated carbocycles. The van der Waals surface area contributed by atoms with Gasteiger partial charge in [-0.25, -0.2) is 15.0 Å². The molecule has 0 atom stereocenters. The minimum Gasteiger partial charge on any atom is -0.348 e. The third-order valence-electron chi connectivity index (χ3n) is 4.30. The van der Waals surface area contributed by atoms with Crippen molar-refractivity contribution in [2.24, 2.45) is 5.73 Å². The Balaban J connectivity index is 1.70. The van der Waals surface area contributed by atoms with E-state index in [4.69, 9.17) is 5.73 Å². The van der Waals surface area contributed by atoms with Crippen LogP contribution in [0.25, 0.3) is 11.2 Å². The molecule has 2 aromatic heterocycles. The number of nitrogens with one attached hydrogen (secondary N) is 2. The van der Waals surface area contributed by atoms with Crippen LogP contribution in [0, 0.1) is 0 Å². The molecule has 2 heterocycles. The van der Waals surface area contributed by atoms with Crippen LogP contribution in [-0.2, 0) is 4.79 Å². The van der Waals surface area contributed by atoms with Gasteiger partial charge in [-0.1, -0.05) is 12.8 Å². The van der Waals surface area contributed by atoms with Crippen LogP contribution in [0.4, 0.5) is 5.82 Å². The van der Waals surface area contributed by atoms with Gasteiger partial charge in [0.15, 0.2) is 11.5 Å². The van der Waals surface area contributed by atoms with E-state index in [0.717, 1.165) is 31.2 Å². The lowest BCUT2D eigenvalue weighted by Crippen LogP contribution is -2.53. The molecule has 1 fully saturated rings. The van der Waals surface area contributed by atoms with Gasteiger partial charge in [-0.15, -0.1) is 0 Å². The van der Waals surface area contributed by atoms with E-state index in [9.17, 15) is 4.79 Å². The van der Waals surface area contributed by atoms with Crippen molar-refractivity contribution in [1.29, 1.82) is 0 Å². The largest absolute Gasteiger partial charge is 0.348 e. The Morgan fingerprint density at radius 2 is 2.18 bits per heavy atom. The van der Waals surface area contributed by atoms with Crippen molar-refractivity contribution >= 4 is 22.9 Å². The zero-order valence-corrected chi connectivity index (χ0v) is 12.7. The molecule has 3 rings (SSSR count). The SMILES string of the molecule is CN(CC(=O)NC1(CN)CCCC1)c1ncnc2nc[nH]c12. The standard InChI is InChI=1S/C14H21N7O/c1-21(13-11-12(17-8-16-11)18-9-19-13)6-10(22)20-14(7-15)4-2-3-5-14/h8-9H,2-7,15H2,1H3,(H,20,22)(H,16,17,18,19). The first-order valence-corrected chi connectivity index (χ1v) is 7.50. The number of H-pyrrole nitrogens is 1. The van der Waals surface area contributed by atoms with E-state index in [0.29, 0.717) is 18.0 Å². The lowest BCUT2D eigenvalue weighted by Gasteiger charge is -2.30. The molecule has 8 heteroatoms. The number of fused-ring (bicyclic) bond motifs is 1. The Hall–Kier alpha value is -2.22. The zero-order valence-electron chi connectivity index (χ0n) is 12.7. The second-order valence-electron chi connectivity index (χ2n) is 5.89. The van der Waals surface area contributed by atoms with Gasteiger partial charge in [-0.05, 0) is 12.8 Å². The summed E-state index contributed by atoms with van der Waals surface area (Å²) in [6.07, 6.45) is 7.17. The molecule has 0 unspecified atom stereocenters. The number of carbonyl (C=O) groups is 1. The normalized spacial score (nSPS) is 16.8. The van der Waals surface area contributed by atoms with Gasteiger partial charge in [0, 0.05) is 13.6 Å². The summed E-state index contributed by atoms with van der Waals surface area (Å²) in [6, 6.07) is 0. The molecule has 0 aromatic carbocycles.